The highest BCUT2D eigenvalue weighted by Gasteiger charge is 2.30. The molecule has 0 N–H and O–H groups in total. The Morgan fingerprint density at radius 2 is 2.10 bits per heavy atom. The van der Waals surface area contributed by atoms with Crippen molar-refractivity contribution in [2.75, 3.05) is 24.7 Å². The van der Waals surface area contributed by atoms with Gasteiger partial charge in [-0.3, -0.25) is 4.90 Å². The molecule has 1 aromatic carbocycles. The fourth-order valence-electron chi connectivity index (χ4n) is 2.61. The van der Waals surface area contributed by atoms with E-state index in [0.29, 0.717) is 12.5 Å². The Balaban J connectivity index is 1.78. The topological polar surface area (TPSA) is 38.8 Å². The average Bonchev–Trinajstić information content (AvgIpc) is 2.67. The quantitative estimate of drug-likeness (QED) is 0.790. The molecule has 4 heteroatoms. The van der Waals surface area contributed by atoms with E-state index in [1.165, 1.54) is 11.1 Å². The Morgan fingerprint density at radius 3 is 2.70 bits per heavy atom. The first-order chi connectivity index (χ1) is 9.44. The van der Waals surface area contributed by atoms with E-state index in [2.05, 4.69) is 12.1 Å². The third kappa shape index (κ3) is 2.52. The second kappa shape index (κ2) is 4.77. The summed E-state index contributed by atoms with van der Waals surface area (Å²) < 4.78 is 10.7. The lowest BCUT2D eigenvalue weighted by atomic mass is 9.95. The molecular weight excluding hydrogens is 254 g/mol. The van der Waals surface area contributed by atoms with Crippen LogP contribution in [0.3, 0.4) is 0 Å². The zero-order valence-corrected chi connectivity index (χ0v) is 12.3. The summed E-state index contributed by atoms with van der Waals surface area (Å²) in [5.41, 5.74) is 3.09. The van der Waals surface area contributed by atoms with Crippen LogP contribution in [0, 0.1) is 0 Å². The van der Waals surface area contributed by atoms with E-state index < -0.39 is 5.60 Å². The van der Waals surface area contributed by atoms with Gasteiger partial charge in [-0.15, -0.1) is 0 Å². The number of rotatable bonds is 1. The number of hydrogen-bond acceptors (Lipinski definition) is 3. The molecule has 0 unspecified atom stereocenters. The number of ether oxygens (including phenoxy) is 2. The summed E-state index contributed by atoms with van der Waals surface area (Å²) in [7, 11) is 0. The van der Waals surface area contributed by atoms with E-state index in [4.69, 9.17) is 9.47 Å². The summed E-state index contributed by atoms with van der Waals surface area (Å²) in [5, 5.41) is 0. The van der Waals surface area contributed by atoms with Crippen LogP contribution in [-0.4, -0.2) is 31.5 Å². The van der Waals surface area contributed by atoms with Crippen LogP contribution in [0.1, 0.15) is 37.8 Å². The van der Waals surface area contributed by atoms with Crippen LogP contribution in [0.15, 0.2) is 18.2 Å². The van der Waals surface area contributed by atoms with Gasteiger partial charge in [-0.1, -0.05) is 12.1 Å². The molecule has 0 spiro atoms. The smallest absolute Gasteiger partial charge is 0.414 e. The van der Waals surface area contributed by atoms with Gasteiger partial charge in [0.05, 0.1) is 18.9 Å². The molecule has 2 aliphatic heterocycles. The Labute approximate surface area is 119 Å². The molecule has 1 saturated heterocycles. The summed E-state index contributed by atoms with van der Waals surface area (Å²) in [4.78, 5) is 13.9. The number of carbonyl (C=O) groups is 1. The molecule has 20 heavy (non-hydrogen) atoms. The number of nitrogens with zero attached hydrogens (tertiary/aromatic N) is 1. The minimum Gasteiger partial charge on any atom is -0.443 e. The predicted molar refractivity (Wildman–Crippen MR) is 77.3 cm³/mol. The lowest BCUT2D eigenvalue weighted by molar-refractivity contribution is 0.00840. The van der Waals surface area contributed by atoms with Gasteiger partial charge in [-0.2, -0.15) is 0 Å². The molecule has 0 aromatic heterocycles. The summed E-state index contributed by atoms with van der Waals surface area (Å²) in [6.07, 6.45) is 0.645. The molecule has 1 fully saturated rings. The SMILES string of the molecule is CC(C)(C)OC(=O)N1CCc2cc(C3COC3)ccc21. The average molecular weight is 275 g/mol. The third-order valence-corrected chi connectivity index (χ3v) is 3.72. The zero-order valence-electron chi connectivity index (χ0n) is 12.3. The summed E-state index contributed by atoms with van der Waals surface area (Å²) >= 11 is 0. The van der Waals surface area contributed by atoms with Gasteiger partial charge in [0, 0.05) is 12.5 Å². The van der Waals surface area contributed by atoms with Crippen molar-refractivity contribution in [3.8, 4) is 0 Å². The van der Waals surface area contributed by atoms with Crippen molar-refractivity contribution in [3.05, 3.63) is 29.3 Å². The van der Waals surface area contributed by atoms with E-state index in [-0.39, 0.29) is 6.09 Å². The molecule has 4 nitrogen and oxygen atoms in total. The molecule has 2 aliphatic rings. The Hall–Kier alpha value is -1.55. The zero-order chi connectivity index (χ0) is 14.3. The van der Waals surface area contributed by atoms with E-state index in [1.54, 1.807) is 4.90 Å². The number of benzene rings is 1. The van der Waals surface area contributed by atoms with Crippen molar-refractivity contribution in [1.82, 2.24) is 0 Å². The van der Waals surface area contributed by atoms with Crippen molar-refractivity contribution < 1.29 is 14.3 Å². The molecule has 0 aliphatic carbocycles. The molecule has 2 heterocycles. The second-order valence-electron chi connectivity index (χ2n) is 6.50. The minimum atomic E-state index is -0.455. The standard InChI is InChI=1S/C16H21NO3/c1-16(2,3)20-15(18)17-7-6-12-8-11(4-5-14(12)17)13-9-19-10-13/h4-5,8,13H,6-7,9-10H2,1-3H3. The van der Waals surface area contributed by atoms with Crippen molar-refractivity contribution in [2.45, 2.75) is 38.7 Å². The van der Waals surface area contributed by atoms with Crippen LogP contribution in [0.5, 0.6) is 0 Å². The fourth-order valence-corrected chi connectivity index (χ4v) is 2.61. The first-order valence-electron chi connectivity index (χ1n) is 7.15. The van der Waals surface area contributed by atoms with Crippen molar-refractivity contribution in [3.63, 3.8) is 0 Å². The van der Waals surface area contributed by atoms with Gasteiger partial charge in [0.25, 0.3) is 0 Å². The molecule has 3 rings (SSSR count). The second-order valence-corrected chi connectivity index (χ2v) is 6.50. The molecule has 0 bridgehead atoms. The monoisotopic (exact) mass is 275 g/mol. The van der Waals surface area contributed by atoms with Gasteiger partial charge in [-0.05, 0) is 44.4 Å². The Kier molecular flexibility index (Phi) is 3.21. The molecular formula is C16H21NO3. The largest absolute Gasteiger partial charge is 0.443 e. The van der Waals surface area contributed by atoms with Gasteiger partial charge < -0.3 is 9.47 Å². The van der Waals surface area contributed by atoms with E-state index in [9.17, 15) is 4.79 Å². The van der Waals surface area contributed by atoms with Crippen LogP contribution in [0.4, 0.5) is 10.5 Å². The molecule has 1 amide bonds. The van der Waals surface area contributed by atoms with Gasteiger partial charge in [0.15, 0.2) is 0 Å². The molecule has 0 atom stereocenters. The lowest BCUT2D eigenvalue weighted by Crippen LogP contribution is -2.35. The number of hydrogen-bond donors (Lipinski definition) is 0. The van der Waals surface area contributed by atoms with Crippen LogP contribution in [0.25, 0.3) is 0 Å². The molecule has 108 valence electrons. The van der Waals surface area contributed by atoms with E-state index in [1.807, 2.05) is 26.8 Å². The highest BCUT2D eigenvalue weighted by molar-refractivity contribution is 5.90. The van der Waals surface area contributed by atoms with Crippen LogP contribution in [-0.2, 0) is 15.9 Å². The van der Waals surface area contributed by atoms with Crippen molar-refractivity contribution in [1.29, 1.82) is 0 Å². The number of amides is 1. The maximum Gasteiger partial charge on any atom is 0.414 e. The van der Waals surface area contributed by atoms with Crippen molar-refractivity contribution in [2.24, 2.45) is 0 Å². The number of fused-ring (bicyclic) bond motifs is 1. The minimum absolute atomic E-state index is 0.254. The Bertz CT molecular complexity index is 529. The highest BCUT2D eigenvalue weighted by Crippen LogP contribution is 2.33. The van der Waals surface area contributed by atoms with Gasteiger partial charge >= 0.3 is 6.09 Å². The predicted octanol–water partition coefficient (Wildman–Crippen LogP) is 3.10. The van der Waals surface area contributed by atoms with E-state index in [0.717, 1.165) is 25.3 Å². The summed E-state index contributed by atoms with van der Waals surface area (Å²) in [5.74, 6) is 0.524. The van der Waals surface area contributed by atoms with Crippen LogP contribution in [0.2, 0.25) is 0 Å². The van der Waals surface area contributed by atoms with Gasteiger partial charge in [0.2, 0.25) is 0 Å². The first-order valence-corrected chi connectivity index (χ1v) is 7.15. The number of carbonyl (C=O) groups excluding carboxylic acids is 1. The van der Waals surface area contributed by atoms with Crippen LogP contribution >= 0.6 is 0 Å². The normalized spacial score (nSPS) is 18.6. The maximum atomic E-state index is 12.2. The highest BCUT2D eigenvalue weighted by atomic mass is 16.6. The summed E-state index contributed by atoms with van der Waals surface area (Å²) in [6, 6.07) is 6.36. The van der Waals surface area contributed by atoms with E-state index >= 15 is 0 Å². The van der Waals surface area contributed by atoms with Gasteiger partial charge in [-0.25, -0.2) is 4.79 Å². The molecule has 1 aromatic rings. The Morgan fingerprint density at radius 1 is 1.35 bits per heavy atom. The summed E-state index contributed by atoms with van der Waals surface area (Å²) in [6.45, 7) is 8.00. The van der Waals surface area contributed by atoms with Crippen LogP contribution < -0.4 is 4.90 Å². The lowest BCUT2D eigenvalue weighted by Gasteiger charge is -2.27. The molecule has 0 saturated carbocycles. The molecule has 0 radical (unpaired) electrons. The fraction of sp³-hybridized carbons (Fsp3) is 0.562. The first kappa shape index (κ1) is 13.4. The van der Waals surface area contributed by atoms with Crippen molar-refractivity contribution >= 4 is 11.8 Å². The number of anilines is 1. The third-order valence-electron chi connectivity index (χ3n) is 3.72. The van der Waals surface area contributed by atoms with Gasteiger partial charge in [0.1, 0.15) is 5.60 Å². The maximum absolute atomic E-state index is 12.2.